The number of imidazole rings is 1. The maximum atomic E-state index is 5.89. The molecule has 32 heavy (non-hydrogen) atoms. The smallest absolute Gasteiger partial charge is 0.119 e. The van der Waals surface area contributed by atoms with Crippen LogP contribution in [-0.4, -0.2) is 72.8 Å². The Labute approximate surface area is 191 Å². The number of aromatic nitrogens is 2. The predicted octanol–water partition coefficient (Wildman–Crippen LogP) is 4.08. The summed E-state index contributed by atoms with van der Waals surface area (Å²) in [5, 5.41) is 0. The Morgan fingerprint density at radius 2 is 1.59 bits per heavy atom. The SMILES string of the molecule is COc1ccc(OCCCCn2c(CCCN3CCN(C)CC3)nc3ccccc32)cc1. The minimum atomic E-state index is 0.720. The molecule has 1 aliphatic rings. The number of likely N-dealkylation sites (N-methyl/N-ethyl adjacent to an activating group) is 1. The lowest BCUT2D eigenvalue weighted by molar-refractivity contribution is 0.152. The molecule has 0 atom stereocenters. The van der Waals surface area contributed by atoms with Gasteiger partial charge in [0, 0.05) is 39.1 Å². The Balaban J connectivity index is 1.28. The van der Waals surface area contributed by atoms with E-state index in [9.17, 15) is 0 Å². The average molecular weight is 437 g/mol. The van der Waals surface area contributed by atoms with Crippen molar-refractivity contribution in [1.29, 1.82) is 0 Å². The van der Waals surface area contributed by atoms with Crippen LogP contribution in [0.4, 0.5) is 0 Å². The Morgan fingerprint density at radius 3 is 2.38 bits per heavy atom. The molecule has 4 rings (SSSR count). The van der Waals surface area contributed by atoms with Crippen LogP contribution in [0.25, 0.3) is 11.0 Å². The Kier molecular flexibility index (Phi) is 8.02. The number of para-hydroxylation sites is 2. The van der Waals surface area contributed by atoms with Crippen LogP contribution in [0.1, 0.15) is 25.1 Å². The van der Waals surface area contributed by atoms with Gasteiger partial charge in [0.15, 0.2) is 0 Å². The fraction of sp³-hybridized carbons (Fsp3) is 0.500. The zero-order chi connectivity index (χ0) is 22.2. The number of piperazine rings is 1. The van der Waals surface area contributed by atoms with Crippen LogP contribution in [-0.2, 0) is 13.0 Å². The molecule has 1 fully saturated rings. The first-order chi connectivity index (χ1) is 15.7. The van der Waals surface area contributed by atoms with E-state index in [0.717, 1.165) is 62.4 Å². The summed E-state index contributed by atoms with van der Waals surface area (Å²) >= 11 is 0. The lowest BCUT2D eigenvalue weighted by Crippen LogP contribution is -2.44. The summed E-state index contributed by atoms with van der Waals surface area (Å²) in [5.41, 5.74) is 2.36. The Morgan fingerprint density at radius 1 is 0.844 bits per heavy atom. The summed E-state index contributed by atoms with van der Waals surface area (Å²) < 4.78 is 13.5. The van der Waals surface area contributed by atoms with Gasteiger partial charge in [0.25, 0.3) is 0 Å². The number of nitrogens with zero attached hydrogens (tertiary/aromatic N) is 4. The van der Waals surface area contributed by atoms with Crippen LogP contribution in [0, 0.1) is 0 Å². The Hall–Kier alpha value is -2.57. The van der Waals surface area contributed by atoms with Crippen molar-refractivity contribution in [3.63, 3.8) is 0 Å². The molecule has 0 saturated carbocycles. The molecule has 2 aromatic carbocycles. The van der Waals surface area contributed by atoms with Gasteiger partial charge in [-0.25, -0.2) is 4.98 Å². The minimum absolute atomic E-state index is 0.720. The van der Waals surface area contributed by atoms with Gasteiger partial charge >= 0.3 is 0 Å². The molecule has 6 nitrogen and oxygen atoms in total. The molecule has 1 aromatic heterocycles. The fourth-order valence-corrected chi connectivity index (χ4v) is 4.33. The summed E-state index contributed by atoms with van der Waals surface area (Å²) in [6.07, 6.45) is 4.28. The summed E-state index contributed by atoms with van der Waals surface area (Å²) in [4.78, 5) is 9.96. The van der Waals surface area contributed by atoms with Gasteiger partial charge < -0.3 is 23.8 Å². The topological polar surface area (TPSA) is 42.8 Å². The monoisotopic (exact) mass is 436 g/mol. The first-order valence-electron chi connectivity index (χ1n) is 11.8. The van der Waals surface area contributed by atoms with Crippen molar-refractivity contribution in [3.05, 3.63) is 54.4 Å². The van der Waals surface area contributed by atoms with Crippen molar-refractivity contribution in [1.82, 2.24) is 19.4 Å². The van der Waals surface area contributed by atoms with E-state index in [1.165, 1.54) is 37.5 Å². The standard InChI is InChI=1S/C26H36N4O2/c1-28-17-19-29(20-18-28)15-7-10-26-27-24-8-3-4-9-25(24)30(26)16-5-6-21-32-23-13-11-22(31-2)12-14-23/h3-4,8-9,11-14H,5-7,10,15-21H2,1-2H3. The van der Waals surface area contributed by atoms with Crippen molar-refractivity contribution in [2.24, 2.45) is 0 Å². The summed E-state index contributed by atoms with van der Waals surface area (Å²) in [6, 6.07) is 16.3. The second kappa shape index (κ2) is 11.3. The molecule has 0 aliphatic carbocycles. The molecular formula is C26H36N4O2. The van der Waals surface area contributed by atoms with Crippen molar-refractivity contribution >= 4 is 11.0 Å². The van der Waals surface area contributed by atoms with Crippen molar-refractivity contribution in [3.8, 4) is 11.5 Å². The van der Waals surface area contributed by atoms with Gasteiger partial charge in [-0.1, -0.05) is 12.1 Å². The first-order valence-corrected chi connectivity index (χ1v) is 11.8. The molecule has 0 unspecified atom stereocenters. The molecule has 0 radical (unpaired) electrons. The minimum Gasteiger partial charge on any atom is -0.497 e. The van der Waals surface area contributed by atoms with E-state index in [2.05, 4.69) is 45.7 Å². The third-order valence-electron chi connectivity index (χ3n) is 6.31. The summed E-state index contributed by atoms with van der Waals surface area (Å²) in [5.74, 6) is 2.96. The molecule has 2 heterocycles. The van der Waals surface area contributed by atoms with Gasteiger partial charge in [0.05, 0.1) is 24.8 Å². The second-order valence-electron chi connectivity index (χ2n) is 8.65. The van der Waals surface area contributed by atoms with Crippen LogP contribution in [0.2, 0.25) is 0 Å². The van der Waals surface area contributed by atoms with Gasteiger partial charge in [-0.05, 0) is 69.3 Å². The second-order valence-corrected chi connectivity index (χ2v) is 8.65. The molecule has 0 spiro atoms. The van der Waals surface area contributed by atoms with Crippen molar-refractivity contribution < 1.29 is 9.47 Å². The first kappa shape index (κ1) is 22.6. The van der Waals surface area contributed by atoms with Gasteiger partial charge in [0.1, 0.15) is 17.3 Å². The predicted molar refractivity (Wildman–Crippen MR) is 130 cm³/mol. The third-order valence-corrected chi connectivity index (χ3v) is 6.31. The van der Waals surface area contributed by atoms with E-state index in [0.29, 0.717) is 0 Å². The van der Waals surface area contributed by atoms with Gasteiger partial charge in [0.2, 0.25) is 0 Å². The number of fused-ring (bicyclic) bond motifs is 1. The normalized spacial score (nSPS) is 15.3. The van der Waals surface area contributed by atoms with E-state index < -0.39 is 0 Å². The largest absolute Gasteiger partial charge is 0.497 e. The van der Waals surface area contributed by atoms with E-state index in [-0.39, 0.29) is 0 Å². The molecular weight excluding hydrogens is 400 g/mol. The number of ether oxygens (including phenoxy) is 2. The zero-order valence-electron chi connectivity index (χ0n) is 19.5. The van der Waals surface area contributed by atoms with Crippen LogP contribution in [0.3, 0.4) is 0 Å². The molecule has 172 valence electrons. The number of hydrogen-bond donors (Lipinski definition) is 0. The highest BCUT2D eigenvalue weighted by Crippen LogP contribution is 2.20. The molecule has 1 saturated heterocycles. The lowest BCUT2D eigenvalue weighted by Gasteiger charge is -2.32. The van der Waals surface area contributed by atoms with Gasteiger partial charge in [-0.15, -0.1) is 0 Å². The van der Waals surface area contributed by atoms with Crippen molar-refractivity contribution in [2.75, 3.05) is 53.5 Å². The summed E-state index contributed by atoms with van der Waals surface area (Å²) in [7, 11) is 3.89. The number of methoxy groups -OCH3 is 1. The molecule has 3 aromatic rings. The molecule has 0 amide bonds. The van der Waals surface area contributed by atoms with E-state index in [1.807, 2.05) is 24.3 Å². The molecule has 6 heteroatoms. The van der Waals surface area contributed by atoms with Crippen molar-refractivity contribution in [2.45, 2.75) is 32.2 Å². The van der Waals surface area contributed by atoms with Crippen LogP contribution in [0.5, 0.6) is 11.5 Å². The number of rotatable bonds is 11. The highest BCUT2D eigenvalue weighted by Gasteiger charge is 2.15. The number of hydrogen-bond acceptors (Lipinski definition) is 5. The number of unbranched alkanes of at least 4 members (excludes halogenated alkanes) is 1. The van der Waals surface area contributed by atoms with E-state index in [1.54, 1.807) is 7.11 Å². The maximum absolute atomic E-state index is 5.89. The molecule has 0 bridgehead atoms. The lowest BCUT2D eigenvalue weighted by atomic mass is 10.2. The maximum Gasteiger partial charge on any atom is 0.119 e. The summed E-state index contributed by atoms with van der Waals surface area (Å²) in [6.45, 7) is 7.58. The molecule has 1 aliphatic heterocycles. The number of benzene rings is 2. The van der Waals surface area contributed by atoms with E-state index >= 15 is 0 Å². The van der Waals surface area contributed by atoms with Crippen LogP contribution in [0.15, 0.2) is 48.5 Å². The Bertz CT molecular complexity index is 962. The van der Waals surface area contributed by atoms with Gasteiger partial charge in [-0.2, -0.15) is 0 Å². The van der Waals surface area contributed by atoms with E-state index in [4.69, 9.17) is 14.5 Å². The zero-order valence-corrected chi connectivity index (χ0v) is 19.5. The van der Waals surface area contributed by atoms with Crippen LogP contribution >= 0.6 is 0 Å². The quantitative estimate of drug-likeness (QED) is 0.424. The number of aryl methyl sites for hydroxylation is 2. The highest BCUT2D eigenvalue weighted by molar-refractivity contribution is 5.75. The fourth-order valence-electron chi connectivity index (χ4n) is 4.33. The average Bonchev–Trinajstić information content (AvgIpc) is 3.18. The third kappa shape index (κ3) is 6.02. The van der Waals surface area contributed by atoms with Gasteiger partial charge in [-0.3, -0.25) is 0 Å². The van der Waals surface area contributed by atoms with Crippen LogP contribution < -0.4 is 9.47 Å². The molecule has 0 N–H and O–H groups in total. The highest BCUT2D eigenvalue weighted by atomic mass is 16.5.